The molecule has 1 aromatic heterocycles. The zero-order chi connectivity index (χ0) is 9.84. The molecule has 70 valence electrons. The van der Waals surface area contributed by atoms with Gasteiger partial charge in [-0.1, -0.05) is 0 Å². The average molecular weight is 203 g/mol. The minimum absolute atomic E-state index is 0.0703. The van der Waals surface area contributed by atoms with Gasteiger partial charge in [0.05, 0.1) is 0 Å². The molecule has 13 heavy (non-hydrogen) atoms. The molecular weight excluding hydrogens is 196 g/mol. The van der Waals surface area contributed by atoms with Gasteiger partial charge >= 0.3 is 5.97 Å². The number of carbonyl (C=O) groups is 2. The van der Waals surface area contributed by atoms with E-state index in [0.717, 1.165) is 0 Å². The molecule has 0 atom stereocenters. The molecule has 0 fully saturated rings. The van der Waals surface area contributed by atoms with Gasteiger partial charge in [0.1, 0.15) is 5.76 Å². The Labute approximate surface area is 79.1 Å². The van der Waals surface area contributed by atoms with Crippen LogP contribution in [-0.2, 0) is 16.0 Å². The molecule has 0 radical (unpaired) electrons. The molecule has 4 nitrogen and oxygen atoms in total. The number of ketones is 1. The number of furan rings is 1. The Hall–Kier alpha value is -1.29. The Morgan fingerprint density at radius 1 is 1.46 bits per heavy atom. The second-order valence-electron chi connectivity index (χ2n) is 2.43. The number of aryl methyl sites for hydroxylation is 1. The zero-order valence-electron chi connectivity index (χ0n) is 6.62. The summed E-state index contributed by atoms with van der Waals surface area (Å²) in [4.78, 5) is 20.8. The number of hydrogen-bond donors (Lipinski definition) is 1. The van der Waals surface area contributed by atoms with Gasteiger partial charge in [-0.05, 0) is 23.7 Å². The maximum Gasteiger partial charge on any atom is 0.372 e. The first-order chi connectivity index (χ1) is 6.09. The van der Waals surface area contributed by atoms with E-state index in [1.165, 1.54) is 0 Å². The van der Waals surface area contributed by atoms with E-state index in [4.69, 9.17) is 21.1 Å². The van der Waals surface area contributed by atoms with E-state index in [1.54, 1.807) is 12.1 Å². The number of carbonyl (C=O) groups excluding carboxylic acids is 1. The van der Waals surface area contributed by atoms with Crippen LogP contribution in [0.2, 0.25) is 5.22 Å². The van der Waals surface area contributed by atoms with Gasteiger partial charge in [0.25, 0.3) is 0 Å². The van der Waals surface area contributed by atoms with E-state index >= 15 is 0 Å². The second kappa shape index (κ2) is 4.09. The molecule has 0 spiro atoms. The molecule has 0 saturated carbocycles. The fraction of sp³-hybridized carbons (Fsp3) is 0.250. The molecule has 1 rings (SSSR count). The molecule has 0 saturated heterocycles. The summed E-state index contributed by atoms with van der Waals surface area (Å²) in [5.41, 5.74) is 0. The lowest BCUT2D eigenvalue weighted by Crippen LogP contribution is -2.12. The third-order valence-electron chi connectivity index (χ3n) is 1.47. The maximum absolute atomic E-state index is 10.6. The number of aliphatic carboxylic acids is 1. The first-order valence-electron chi connectivity index (χ1n) is 3.60. The van der Waals surface area contributed by atoms with Crippen LogP contribution in [0.15, 0.2) is 16.5 Å². The van der Waals surface area contributed by atoms with Gasteiger partial charge in [0.2, 0.25) is 5.78 Å². The molecule has 0 bridgehead atoms. The lowest BCUT2D eigenvalue weighted by atomic mass is 10.2. The smallest absolute Gasteiger partial charge is 0.372 e. The van der Waals surface area contributed by atoms with Crippen LogP contribution in [0.25, 0.3) is 0 Å². The van der Waals surface area contributed by atoms with Gasteiger partial charge in [-0.3, -0.25) is 4.79 Å². The highest BCUT2D eigenvalue weighted by molar-refractivity contribution is 6.32. The van der Waals surface area contributed by atoms with Crippen molar-refractivity contribution in [2.45, 2.75) is 12.8 Å². The summed E-state index contributed by atoms with van der Waals surface area (Å²) in [5.74, 6) is -1.73. The largest absolute Gasteiger partial charge is 0.476 e. The van der Waals surface area contributed by atoms with Crippen molar-refractivity contribution in [2.24, 2.45) is 0 Å². The van der Waals surface area contributed by atoms with Crippen LogP contribution in [-0.4, -0.2) is 16.9 Å². The Balaban J connectivity index is 2.44. The maximum atomic E-state index is 10.6. The van der Waals surface area contributed by atoms with Gasteiger partial charge in [-0.15, -0.1) is 0 Å². The summed E-state index contributed by atoms with van der Waals surface area (Å²) >= 11 is 5.47. The summed E-state index contributed by atoms with van der Waals surface area (Å²) in [6.07, 6.45) is 0.191. The van der Waals surface area contributed by atoms with Crippen LogP contribution >= 0.6 is 11.6 Å². The van der Waals surface area contributed by atoms with E-state index in [0.29, 0.717) is 5.76 Å². The van der Waals surface area contributed by atoms with Gasteiger partial charge in [-0.2, -0.15) is 0 Å². The highest BCUT2D eigenvalue weighted by Crippen LogP contribution is 2.14. The van der Waals surface area contributed by atoms with Crippen molar-refractivity contribution in [3.05, 3.63) is 23.1 Å². The summed E-state index contributed by atoms with van der Waals surface area (Å²) in [7, 11) is 0. The third kappa shape index (κ3) is 2.91. The predicted molar refractivity (Wildman–Crippen MR) is 44.7 cm³/mol. The predicted octanol–water partition coefficient (Wildman–Crippen LogP) is 1.52. The van der Waals surface area contributed by atoms with E-state index in [-0.39, 0.29) is 18.1 Å². The van der Waals surface area contributed by atoms with Crippen LogP contribution in [0.1, 0.15) is 12.2 Å². The SMILES string of the molecule is O=C(O)C(=O)CCc1ccc(Cl)o1. The molecular formula is C8H7ClO4. The minimum Gasteiger partial charge on any atom is -0.476 e. The Morgan fingerprint density at radius 2 is 2.15 bits per heavy atom. The first-order valence-corrected chi connectivity index (χ1v) is 3.97. The van der Waals surface area contributed by atoms with Crippen molar-refractivity contribution in [3.63, 3.8) is 0 Å². The van der Waals surface area contributed by atoms with Crippen molar-refractivity contribution in [2.75, 3.05) is 0 Å². The molecule has 1 N–H and O–H groups in total. The van der Waals surface area contributed by atoms with Crippen LogP contribution < -0.4 is 0 Å². The van der Waals surface area contributed by atoms with Crippen molar-refractivity contribution in [1.82, 2.24) is 0 Å². The highest BCUT2D eigenvalue weighted by atomic mass is 35.5. The highest BCUT2D eigenvalue weighted by Gasteiger charge is 2.12. The van der Waals surface area contributed by atoms with Crippen LogP contribution in [0, 0.1) is 0 Å². The molecule has 0 amide bonds. The lowest BCUT2D eigenvalue weighted by molar-refractivity contribution is -0.149. The topological polar surface area (TPSA) is 67.5 Å². The van der Waals surface area contributed by atoms with Gasteiger partial charge in [0.15, 0.2) is 5.22 Å². The van der Waals surface area contributed by atoms with Crippen LogP contribution in [0.3, 0.4) is 0 Å². The summed E-state index contributed by atoms with van der Waals surface area (Å²) in [6.45, 7) is 0. The van der Waals surface area contributed by atoms with E-state index < -0.39 is 11.8 Å². The second-order valence-corrected chi connectivity index (χ2v) is 2.81. The molecule has 1 aromatic rings. The van der Waals surface area contributed by atoms with Crippen LogP contribution in [0.5, 0.6) is 0 Å². The summed E-state index contributed by atoms with van der Waals surface area (Å²) in [5, 5.41) is 8.49. The van der Waals surface area contributed by atoms with Crippen molar-refractivity contribution in [1.29, 1.82) is 0 Å². The van der Waals surface area contributed by atoms with Crippen molar-refractivity contribution >= 4 is 23.4 Å². The molecule has 5 heteroatoms. The number of rotatable bonds is 4. The average Bonchev–Trinajstić information content (AvgIpc) is 2.47. The molecule has 0 unspecified atom stereocenters. The Morgan fingerprint density at radius 3 is 2.62 bits per heavy atom. The van der Waals surface area contributed by atoms with E-state index in [1.807, 2.05) is 0 Å². The van der Waals surface area contributed by atoms with Crippen molar-refractivity contribution in [3.8, 4) is 0 Å². The number of carboxylic acids is 1. The number of halogens is 1. The van der Waals surface area contributed by atoms with Crippen molar-refractivity contribution < 1.29 is 19.1 Å². The molecule has 0 aromatic carbocycles. The Kier molecular flexibility index (Phi) is 3.08. The fourth-order valence-corrected chi connectivity index (χ4v) is 0.992. The fourth-order valence-electron chi connectivity index (χ4n) is 0.830. The van der Waals surface area contributed by atoms with Crippen LogP contribution in [0.4, 0.5) is 0 Å². The summed E-state index contributed by atoms with van der Waals surface area (Å²) < 4.78 is 4.93. The lowest BCUT2D eigenvalue weighted by Gasteiger charge is -1.92. The zero-order valence-corrected chi connectivity index (χ0v) is 7.37. The van der Waals surface area contributed by atoms with E-state index in [2.05, 4.69) is 0 Å². The quantitative estimate of drug-likeness (QED) is 0.752. The molecule has 0 aliphatic heterocycles. The molecule has 0 aliphatic rings. The number of carboxylic acid groups (broad SMARTS) is 1. The van der Waals surface area contributed by atoms with Gasteiger partial charge in [0, 0.05) is 12.8 Å². The molecule has 1 heterocycles. The third-order valence-corrected chi connectivity index (χ3v) is 1.67. The minimum atomic E-state index is -1.42. The number of hydrogen-bond acceptors (Lipinski definition) is 3. The monoisotopic (exact) mass is 202 g/mol. The first kappa shape index (κ1) is 9.80. The number of Topliss-reactive ketones (excluding diaryl/α,β-unsaturated/α-hetero) is 1. The normalized spacial score (nSPS) is 9.92. The van der Waals surface area contributed by atoms with Gasteiger partial charge in [-0.25, -0.2) is 4.79 Å². The Bertz CT molecular complexity index is 329. The molecule has 0 aliphatic carbocycles. The summed E-state index contributed by atoms with van der Waals surface area (Å²) in [6, 6.07) is 3.15. The van der Waals surface area contributed by atoms with Gasteiger partial charge < -0.3 is 9.52 Å². The standard InChI is InChI=1S/C8H7ClO4/c9-7-4-2-5(13-7)1-3-6(10)8(11)12/h2,4H,1,3H2,(H,11,12). The van der Waals surface area contributed by atoms with E-state index in [9.17, 15) is 9.59 Å².